The number of carbonyl (C=O) groups is 1. The predicted octanol–water partition coefficient (Wildman–Crippen LogP) is 1.64. The molecule has 0 saturated carbocycles. The molecule has 17 heavy (non-hydrogen) atoms. The molecule has 3 heteroatoms. The lowest BCUT2D eigenvalue weighted by molar-refractivity contribution is -0.116. The van der Waals surface area contributed by atoms with Crippen molar-refractivity contribution < 1.29 is 9.53 Å². The molecular weight excluding hydrogens is 214 g/mol. The number of rotatable bonds is 4. The molecule has 3 nitrogen and oxygen atoms in total. The Morgan fingerprint density at radius 2 is 2.24 bits per heavy atom. The van der Waals surface area contributed by atoms with E-state index in [-0.39, 0.29) is 11.8 Å². The number of Topliss-reactive ketones (excluding diaryl/α,β-unsaturated/α-hetero) is 1. The van der Waals surface area contributed by atoms with Crippen LogP contribution < -0.4 is 10.5 Å². The minimum absolute atomic E-state index is 0.160. The first-order valence-corrected chi connectivity index (χ1v) is 6.13. The van der Waals surface area contributed by atoms with Gasteiger partial charge in [0, 0.05) is 18.0 Å². The summed E-state index contributed by atoms with van der Waals surface area (Å²) < 4.78 is 5.72. The largest absolute Gasteiger partial charge is 0.493 e. The smallest absolute Gasteiger partial charge is 0.134 e. The van der Waals surface area contributed by atoms with Crippen LogP contribution in [0.3, 0.4) is 0 Å². The van der Waals surface area contributed by atoms with Crippen LogP contribution in [0.4, 0.5) is 0 Å². The first-order chi connectivity index (χ1) is 8.11. The van der Waals surface area contributed by atoms with Gasteiger partial charge in [-0.1, -0.05) is 12.1 Å². The zero-order chi connectivity index (χ0) is 12.4. The second-order valence-electron chi connectivity index (χ2n) is 4.67. The van der Waals surface area contributed by atoms with Gasteiger partial charge in [0.1, 0.15) is 11.5 Å². The van der Waals surface area contributed by atoms with E-state index in [2.05, 4.69) is 6.07 Å². The summed E-state index contributed by atoms with van der Waals surface area (Å²) in [5.74, 6) is 1.06. The molecule has 0 heterocycles. The highest BCUT2D eigenvalue weighted by Crippen LogP contribution is 2.34. The van der Waals surface area contributed by atoms with Gasteiger partial charge in [0.05, 0.1) is 6.61 Å². The Labute approximate surface area is 102 Å². The van der Waals surface area contributed by atoms with E-state index < -0.39 is 0 Å². The quantitative estimate of drug-likeness (QED) is 0.860. The van der Waals surface area contributed by atoms with E-state index in [0.29, 0.717) is 13.0 Å². The normalized spacial score (nSPS) is 17.9. The van der Waals surface area contributed by atoms with Crippen molar-refractivity contribution in [3.05, 3.63) is 28.8 Å². The summed E-state index contributed by atoms with van der Waals surface area (Å²) >= 11 is 0. The number of ketones is 1. The van der Waals surface area contributed by atoms with Gasteiger partial charge < -0.3 is 10.5 Å². The van der Waals surface area contributed by atoms with E-state index >= 15 is 0 Å². The maximum Gasteiger partial charge on any atom is 0.134 e. The van der Waals surface area contributed by atoms with Gasteiger partial charge in [-0.3, -0.25) is 4.79 Å². The molecule has 1 aliphatic carbocycles. The molecule has 1 unspecified atom stereocenters. The molecule has 1 aromatic carbocycles. The topological polar surface area (TPSA) is 52.3 Å². The average Bonchev–Trinajstić information content (AvgIpc) is 2.62. The van der Waals surface area contributed by atoms with Gasteiger partial charge in [-0.05, 0) is 37.8 Å². The lowest BCUT2D eigenvalue weighted by atomic mass is 10.0. The van der Waals surface area contributed by atoms with Crippen LogP contribution in [0.15, 0.2) is 12.1 Å². The van der Waals surface area contributed by atoms with Gasteiger partial charge >= 0.3 is 0 Å². The highest BCUT2D eigenvalue weighted by atomic mass is 16.5. The Morgan fingerprint density at radius 1 is 1.47 bits per heavy atom. The molecule has 2 N–H and O–H groups in total. The van der Waals surface area contributed by atoms with Crippen molar-refractivity contribution in [2.45, 2.75) is 39.2 Å². The van der Waals surface area contributed by atoms with Crippen molar-refractivity contribution in [1.82, 2.24) is 0 Å². The van der Waals surface area contributed by atoms with Crippen LogP contribution in [0.2, 0.25) is 0 Å². The molecule has 1 aromatic rings. The monoisotopic (exact) mass is 233 g/mol. The van der Waals surface area contributed by atoms with Gasteiger partial charge in [0.25, 0.3) is 0 Å². The molecule has 0 radical (unpaired) electrons. The van der Waals surface area contributed by atoms with Crippen LogP contribution in [0.5, 0.6) is 5.75 Å². The summed E-state index contributed by atoms with van der Waals surface area (Å²) in [7, 11) is 0. The Kier molecular flexibility index (Phi) is 3.48. The van der Waals surface area contributed by atoms with Crippen molar-refractivity contribution >= 4 is 5.78 Å². The fraction of sp³-hybridized carbons (Fsp3) is 0.500. The van der Waals surface area contributed by atoms with Crippen LogP contribution >= 0.6 is 0 Å². The summed E-state index contributed by atoms with van der Waals surface area (Å²) in [5.41, 5.74) is 9.45. The summed E-state index contributed by atoms with van der Waals surface area (Å²) in [6.07, 6.45) is 2.21. The van der Waals surface area contributed by atoms with Gasteiger partial charge in [-0.2, -0.15) is 0 Å². The van der Waals surface area contributed by atoms with Crippen LogP contribution in [0.1, 0.15) is 30.5 Å². The summed E-state index contributed by atoms with van der Waals surface area (Å²) in [6, 6.07) is 4.28. The highest BCUT2D eigenvalue weighted by Gasteiger charge is 2.24. The van der Waals surface area contributed by atoms with Crippen LogP contribution in [-0.2, 0) is 24.1 Å². The third kappa shape index (κ3) is 2.50. The van der Waals surface area contributed by atoms with Gasteiger partial charge in [0.2, 0.25) is 0 Å². The molecule has 2 rings (SSSR count). The molecule has 92 valence electrons. The molecule has 0 fully saturated rings. The average molecular weight is 233 g/mol. The van der Waals surface area contributed by atoms with E-state index in [9.17, 15) is 4.79 Å². The molecule has 0 bridgehead atoms. The fourth-order valence-corrected chi connectivity index (χ4v) is 2.48. The van der Waals surface area contributed by atoms with Gasteiger partial charge in [-0.25, -0.2) is 0 Å². The summed E-state index contributed by atoms with van der Waals surface area (Å²) in [5, 5.41) is 0. The molecular formula is C14H19NO2. The molecule has 1 aliphatic rings. The first-order valence-electron chi connectivity index (χ1n) is 6.13. The third-order valence-electron chi connectivity index (χ3n) is 3.12. The number of carbonyl (C=O) groups excluding carboxylic acids is 1. The standard InChI is InChI=1S/C14H19NO2/c1-3-17-14-11(6-9(2)16)5-4-10-7-12(15)8-13(10)14/h4-5,12H,3,6-8,15H2,1-2H3. The van der Waals surface area contributed by atoms with Gasteiger partial charge in [0.15, 0.2) is 0 Å². The number of benzene rings is 1. The zero-order valence-corrected chi connectivity index (χ0v) is 10.5. The van der Waals surface area contributed by atoms with E-state index in [1.54, 1.807) is 6.92 Å². The number of hydrogen-bond acceptors (Lipinski definition) is 3. The zero-order valence-electron chi connectivity index (χ0n) is 10.5. The number of nitrogens with two attached hydrogens (primary N) is 1. The molecule has 0 spiro atoms. The maximum atomic E-state index is 11.3. The molecule has 0 aromatic heterocycles. The van der Waals surface area contributed by atoms with Crippen molar-refractivity contribution in [3.8, 4) is 5.75 Å². The van der Waals surface area contributed by atoms with Gasteiger partial charge in [-0.15, -0.1) is 0 Å². The summed E-state index contributed by atoms with van der Waals surface area (Å²) in [4.78, 5) is 11.3. The Morgan fingerprint density at radius 3 is 2.88 bits per heavy atom. The van der Waals surface area contributed by atoms with Crippen LogP contribution in [0, 0.1) is 0 Å². The minimum Gasteiger partial charge on any atom is -0.493 e. The molecule has 0 amide bonds. The number of ether oxygens (including phenoxy) is 1. The second-order valence-corrected chi connectivity index (χ2v) is 4.67. The van der Waals surface area contributed by atoms with Crippen molar-refractivity contribution in [2.75, 3.05) is 6.61 Å². The Balaban J connectivity index is 2.41. The third-order valence-corrected chi connectivity index (χ3v) is 3.12. The van der Waals surface area contributed by atoms with E-state index in [1.165, 1.54) is 11.1 Å². The minimum atomic E-state index is 0.160. The SMILES string of the molecule is CCOc1c(CC(C)=O)ccc2c1CC(N)C2. The van der Waals surface area contributed by atoms with E-state index in [1.807, 2.05) is 13.0 Å². The van der Waals surface area contributed by atoms with E-state index in [4.69, 9.17) is 10.5 Å². The van der Waals surface area contributed by atoms with E-state index in [0.717, 1.165) is 24.2 Å². The predicted molar refractivity (Wildman–Crippen MR) is 67.4 cm³/mol. The Bertz CT molecular complexity index is 440. The molecule has 0 aliphatic heterocycles. The number of fused-ring (bicyclic) bond motifs is 1. The Hall–Kier alpha value is -1.35. The molecule has 0 saturated heterocycles. The summed E-state index contributed by atoms with van der Waals surface area (Å²) in [6.45, 7) is 4.19. The molecule has 1 atom stereocenters. The number of hydrogen-bond donors (Lipinski definition) is 1. The van der Waals surface area contributed by atoms with Crippen LogP contribution in [-0.4, -0.2) is 18.4 Å². The fourth-order valence-electron chi connectivity index (χ4n) is 2.48. The van der Waals surface area contributed by atoms with Crippen LogP contribution in [0.25, 0.3) is 0 Å². The lowest BCUT2D eigenvalue weighted by Gasteiger charge is -2.14. The maximum absolute atomic E-state index is 11.3. The van der Waals surface area contributed by atoms with Crippen molar-refractivity contribution in [2.24, 2.45) is 5.73 Å². The van der Waals surface area contributed by atoms with Crippen molar-refractivity contribution in [1.29, 1.82) is 0 Å². The lowest BCUT2D eigenvalue weighted by Crippen LogP contribution is -2.19. The second kappa shape index (κ2) is 4.88. The first kappa shape index (κ1) is 12.1. The highest BCUT2D eigenvalue weighted by molar-refractivity contribution is 5.79. The van der Waals surface area contributed by atoms with Crippen molar-refractivity contribution in [3.63, 3.8) is 0 Å².